The molecule has 0 saturated heterocycles. The van der Waals surface area contributed by atoms with E-state index in [1.807, 2.05) is 22.7 Å². The molecule has 0 N–H and O–H groups in total. The molecule has 11 rings (SSSR count). The molecule has 0 bridgehead atoms. The predicted molar refractivity (Wildman–Crippen MR) is 233 cm³/mol. The number of nitrogens with zero attached hydrogens (tertiary/aromatic N) is 1. The molecule has 0 saturated carbocycles. The minimum Gasteiger partial charge on any atom is -0.310 e. The van der Waals surface area contributed by atoms with E-state index in [4.69, 9.17) is 0 Å². The number of thiophene rings is 2. The molecule has 0 unspecified atom stereocenters. The van der Waals surface area contributed by atoms with Crippen molar-refractivity contribution in [3.05, 3.63) is 188 Å². The van der Waals surface area contributed by atoms with Gasteiger partial charge < -0.3 is 4.90 Å². The molecule has 2 heterocycles. The van der Waals surface area contributed by atoms with Crippen molar-refractivity contribution in [1.82, 2.24) is 0 Å². The van der Waals surface area contributed by atoms with Gasteiger partial charge in [-0.05, 0) is 98.4 Å². The second-order valence-corrected chi connectivity index (χ2v) is 15.9. The Balaban J connectivity index is 1.07. The molecule has 0 fully saturated rings. The van der Waals surface area contributed by atoms with E-state index in [1.54, 1.807) is 0 Å². The van der Waals surface area contributed by atoms with Crippen molar-refractivity contribution in [2.45, 2.75) is 0 Å². The smallest absolute Gasteiger partial charge is 0.0476 e. The molecule has 248 valence electrons. The van der Waals surface area contributed by atoms with E-state index in [0.717, 1.165) is 17.1 Å². The van der Waals surface area contributed by atoms with E-state index in [9.17, 15) is 0 Å². The van der Waals surface area contributed by atoms with Crippen LogP contribution >= 0.6 is 22.7 Å². The lowest BCUT2D eigenvalue weighted by molar-refractivity contribution is 1.29. The molecule has 53 heavy (non-hydrogen) atoms. The molecule has 3 heteroatoms. The highest BCUT2D eigenvalue weighted by Gasteiger charge is 2.19. The summed E-state index contributed by atoms with van der Waals surface area (Å²) in [5.41, 5.74) is 8.23. The van der Waals surface area contributed by atoms with Gasteiger partial charge in [-0.1, -0.05) is 133 Å². The molecule has 11 aromatic rings. The van der Waals surface area contributed by atoms with Crippen LogP contribution in [0.15, 0.2) is 188 Å². The van der Waals surface area contributed by atoms with E-state index in [-0.39, 0.29) is 0 Å². The molecule has 1 nitrogen and oxygen atoms in total. The van der Waals surface area contributed by atoms with Crippen molar-refractivity contribution >= 4 is 102 Å². The number of rotatable bonds is 5. The van der Waals surface area contributed by atoms with E-state index >= 15 is 0 Å². The van der Waals surface area contributed by atoms with Gasteiger partial charge in [-0.15, -0.1) is 22.7 Å². The van der Waals surface area contributed by atoms with E-state index in [2.05, 4.69) is 193 Å². The van der Waals surface area contributed by atoms with Crippen LogP contribution in [0.4, 0.5) is 17.1 Å². The highest BCUT2D eigenvalue weighted by atomic mass is 32.1. The SMILES string of the molecule is c1ccc(-c2cccc(N(c3ccc(-c4ccc5ccccc5c4)cc3)c3ccc4c(c3)sc3ccc5sc6c7ccccc7ccc6c5c34)c2)cc1. The summed E-state index contributed by atoms with van der Waals surface area (Å²) < 4.78 is 5.34. The monoisotopic (exact) mass is 709 g/mol. The summed E-state index contributed by atoms with van der Waals surface area (Å²) in [4.78, 5) is 2.40. The molecule has 0 aliphatic rings. The lowest BCUT2D eigenvalue weighted by Gasteiger charge is -2.26. The minimum atomic E-state index is 1.12. The topological polar surface area (TPSA) is 3.24 Å². The van der Waals surface area contributed by atoms with Crippen molar-refractivity contribution in [1.29, 1.82) is 0 Å². The summed E-state index contributed by atoms with van der Waals surface area (Å²) in [6, 6.07) is 69.0. The quantitative estimate of drug-likeness (QED) is 0.172. The van der Waals surface area contributed by atoms with Crippen LogP contribution in [0.2, 0.25) is 0 Å². The Kier molecular flexibility index (Phi) is 6.97. The fraction of sp³-hybridized carbons (Fsp3) is 0. The number of anilines is 3. The molecule has 9 aromatic carbocycles. The van der Waals surface area contributed by atoms with Crippen LogP contribution in [-0.2, 0) is 0 Å². The zero-order valence-corrected chi connectivity index (χ0v) is 30.3. The third-order valence-corrected chi connectivity index (χ3v) is 12.9. The van der Waals surface area contributed by atoms with Crippen LogP contribution in [0.1, 0.15) is 0 Å². The Morgan fingerprint density at radius 1 is 0.302 bits per heavy atom. The van der Waals surface area contributed by atoms with Gasteiger partial charge in [0, 0.05) is 57.4 Å². The highest BCUT2D eigenvalue weighted by molar-refractivity contribution is 7.28. The largest absolute Gasteiger partial charge is 0.310 e. The van der Waals surface area contributed by atoms with Gasteiger partial charge >= 0.3 is 0 Å². The number of benzene rings is 9. The zero-order chi connectivity index (χ0) is 34.9. The van der Waals surface area contributed by atoms with Gasteiger partial charge in [-0.25, -0.2) is 0 Å². The molecule has 0 aliphatic heterocycles. The van der Waals surface area contributed by atoms with Crippen molar-refractivity contribution in [3.63, 3.8) is 0 Å². The Bertz CT molecular complexity index is 3170. The van der Waals surface area contributed by atoms with Crippen LogP contribution in [-0.4, -0.2) is 0 Å². The second-order valence-electron chi connectivity index (χ2n) is 13.7. The maximum atomic E-state index is 2.40. The Labute approximate surface area is 315 Å². The van der Waals surface area contributed by atoms with Gasteiger partial charge in [-0.2, -0.15) is 0 Å². The van der Waals surface area contributed by atoms with Crippen molar-refractivity contribution in [2.75, 3.05) is 4.90 Å². The van der Waals surface area contributed by atoms with Gasteiger partial charge in [0.15, 0.2) is 0 Å². The third kappa shape index (κ3) is 5.04. The lowest BCUT2D eigenvalue weighted by Crippen LogP contribution is -2.09. The van der Waals surface area contributed by atoms with Crippen molar-refractivity contribution < 1.29 is 0 Å². The van der Waals surface area contributed by atoms with E-state index in [0.29, 0.717) is 0 Å². The summed E-state index contributed by atoms with van der Waals surface area (Å²) in [7, 11) is 0. The first kappa shape index (κ1) is 30.4. The fourth-order valence-corrected chi connectivity index (χ4v) is 10.5. The Morgan fingerprint density at radius 3 is 1.77 bits per heavy atom. The average Bonchev–Trinajstić information content (AvgIpc) is 3.80. The molecule has 0 spiro atoms. The molecule has 0 atom stereocenters. The highest BCUT2D eigenvalue weighted by Crippen LogP contribution is 2.48. The van der Waals surface area contributed by atoms with Crippen LogP contribution in [0.5, 0.6) is 0 Å². The Morgan fingerprint density at radius 2 is 0.906 bits per heavy atom. The van der Waals surface area contributed by atoms with Gasteiger partial charge in [0.1, 0.15) is 0 Å². The fourth-order valence-electron chi connectivity index (χ4n) is 8.06. The number of hydrogen-bond acceptors (Lipinski definition) is 3. The normalized spacial score (nSPS) is 11.8. The number of hydrogen-bond donors (Lipinski definition) is 0. The minimum absolute atomic E-state index is 1.12. The summed E-state index contributed by atoms with van der Waals surface area (Å²) in [6.45, 7) is 0. The molecule has 0 radical (unpaired) electrons. The summed E-state index contributed by atoms with van der Waals surface area (Å²) >= 11 is 3.81. The molecule has 2 aromatic heterocycles. The first-order chi connectivity index (χ1) is 26.2. The van der Waals surface area contributed by atoms with E-state index in [1.165, 1.54) is 84.1 Å². The van der Waals surface area contributed by atoms with Gasteiger partial charge in [0.05, 0.1) is 0 Å². The standard InChI is InChI=1S/C50H31NS2/c1-2-9-32(10-3-1)37-14-8-15-40(30-37)51(39-22-19-34(20-23-39)38-18-17-33-11-4-5-13-36(33)29-38)41-24-26-43-47(31-41)52-45-27-28-46-49(48(43)45)44-25-21-35-12-6-7-16-42(35)50(44)53-46/h1-31H. The summed E-state index contributed by atoms with van der Waals surface area (Å²) in [6.07, 6.45) is 0. The van der Waals surface area contributed by atoms with Gasteiger partial charge in [-0.3, -0.25) is 0 Å². The van der Waals surface area contributed by atoms with Crippen LogP contribution < -0.4 is 4.90 Å². The van der Waals surface area contributed by atoms with Gasteiger partial charge in [0.25, 0.3) is 0 Å². The molecular weight excluding hydrogens is 679 g/mol. The Hall–Kier alpha value is -6.26. The van der Waals surface area contributed by atoms with Gasteiger partial charge in [0.2, 0.25) is 0 Å². The summed E-state index contributed by atoms with van der Waals surface area (Å²) in [5, 5.41) is 10.6. The second kappa shape index (κ2) is 12.2. The zero-order valence-electron chi connectivity index (χ0n) is 28.7. The van der Waals surface area contributed by atoms with Crippen molar-refractivity contribution in [2.24, 2.45) is 0 Å². The number of fused-ring (bicyclic) bond motifs is 10. The molecular formula is C50H31NS2. The summed E-state index contributed by atoms with van der Waals surface area (Å²) in [5.74, 6) is 0. The lowest BCUT2D eigenvalue weighted by atomic mass is 10.0. The third-order valence-electron chi connectivity index (χ3n) is 10.6. The van der Waals surface area contributed by atoms with Crippen LogP contribution in [0.25, 0.3) is 84.1 Å². The maximum Gasteiger partial charge on any atom is 0.0476 e. The van der Waals surface area contributed by atoms with E-state index < -0.39 is 0 Å². The maximum absolute atomic E-state index is 2.40. The average molecular weight is 710 g/mol. The first-order valence-corrected chi connectivity index (χ1v) is 19.6. The van der Waals surface area contributed by atoms with Crippen molar-refractivity contribution in [3.8, 4) is 22.3 Å². The first-order valence-electron chi connectivity index (χ1n) is 18.0. The molecule has 0 amide bonds. The predicted octanol–water partition coefficient (Wildman–Crippen LogP) is 15.5. The van der Waals surface area contributed by atoms with Crippen LogP contribution in [0, 0.1) is 0 Å². The van der Waals surface area contributed by atoms with Crippen LogP contribution in [0.3, 0.4) is 0 Å². The molecule has 0 aliphatic carbocycles.